The molecule has 0 aliphatic carbocycles. The van der Waals surface area contributed by atoms with Crippen LogP contribution >= 0.6 is 0 Å². The van der Waals surface area contributed by atoms with Gasteiger partial charge in [0.1, 0.15) is 0 Å². The largest absolute Gasteiger partial charge is 0.336 e. The molecule has 0 spiro atoms. The average molecular weight is 373 g/mol. The Balaban J connectivity index is 1.75. The number of nitrogens with zero attached hydrogens (tertiary/aromatic N) is 5. The van der Waals surface area contributed by atoms with E-state index in [9.17, 15) is 4.79 Å². The number of hydrogen-bond acceptors (Lipinski definition) is 5. The highest BCUT2D eigenvalue weighted by Crippen LogP contribution is 2.25. The minimum atomic E-state index is -0.0182. The number of amides is 1. The molecular formula is C22H23N5O. The fraction of sp³-hybridized carbons (Fsp3) is 0.273. The van der Waals surface area contributed by atoms with Gasteiger partial charge in [0.2, 0.25) is 0 Å². The van der Waals surface area contributed by atoms with Gasteiger partial charge in [0.15, 0.2) is 5.82 Å². The van der Waals surface area contributed by atoms with Gasteiger partial charge >= 0.3 is 0 Å². The van der Waals surface area contributed by atoms with Crippen LogP contribution in [-0.4, -0.2) is 63.9 Å². The summed E-state index contributed by atoms with van der Waals surface area (Å²) in [6.07, 6.45) is 5.10. The van der Waals surface area contributed by atoms with Gasteiger partial charge in [-0.25, -0.2) is 9.97 Å². The number of pyridine rings is 1. The minimum absolute atomic E-state index is 0.0182. The highest BCUT2D eigenvalue weighted by atomic mass is 16.2. The summed E-state index contributed by atoms with van der Waals surface area (Å²) < 4.78 is 0. The molecule has 1 amide bonds. The number of benzene rings is 1. The molecule has 0 unspecified atom stereocenters. The number of carbonyl (C=O) groups excluding carboxylic acids is 1. The summed E-state index contributed by atoms with van der Waals surface area (Å²) in [4.78, 5) is 30.7. The molecule has 3 aromatic rings. The summed E-state index contributed by atoms with van der Waals surface area (Å²) in [6.45, 7) is 5.22. The molecule has 6 nitrogen and oxygen atoms in total. The van der Waals surface area contributed by atoms with Crippen LogP contribution in [0.5, 0.6) is 0 Å². The number of likely N-dealkylation sites (N-methyl/N-ethyl adjacent to an activating group) is 1. The van der Waals surface area contributed by atoms with Gasteiger partial charge in [0.05, 0.1) is 11.3 Å². The Morgan fingerprint density at radius 3 is 2.29 bits per heavy atom. The molecule has 4 rings (SSSR count). The van der Waals surface area contributed by atoms with E-state index in [1.54, 1.807) is 18.6 Å². The Morgan fingerprint density at radius 1 is 0.929 bits per heavy atom. The van der Waals surface area contributed by atoms with Crippen LogP contribution in [0.25, 0.3) is 22.6 Å². The molecule has 142 valence electrons. The Kier molecular flexibility index (Phi) is 5.12. The molecule has 0 saturated carbocycles. The lowest BCUT2D eigenvalue weighted by Gasteiger charge is -2.32. The molecule has 0 N–H and O–H groups in total. The average Bonchev–Trinajstić information content (AvgIpc) is 2.74. The van der Waals surface area contributed by atoms with Gasteiger partial charge in [-0.1, -0.05) is 29.8 Å². The first-order chi connectivity index (χ1) is 13.6. The molecule has 1 saturated heterocycles. The van der Waals surface area contributed by atoms with Crippen LogP contribution in [0.15, 0.2) is 55.0 Å². The fourth-order valence-corrected chi connectivity index (χ4v) is 3.29. The molecule has 6 heteroatoms. The van der Waals surface area contributed by atoms with Gasteiger partial charge in [-0.3, -0.25) is 9.78 Å². The summed E-state index contributed by atoms with van der Waals surface area (Å²) in [6, 6.07) is 11.8. The van der Waals surface area contributed by atoms with Crippen molar-refractivity contribution in [2.75, 3.05) is 33.2 Å². The van der Waals surface area contributed by atoms with Gasteiger partial charge in [-0.2, -0.15) is 0 Å². The SMILES string of the molecule is Cc1ccc(-c2ncc(C(=O)N3CCN(C)CC3)c(-c3ccncc3)n2)cc1. The Bertz CT molecular complexity index is 964. The van der Waals surface area contributed by atoms with E-state index in [4.69, 9.17) is 4.98 Å². The zero-order chi connectivity index (χ0) is 19.5. The third-order valence-electron chi connectivity index (χ3n) is 5.07. The highest BCUT2D eigenvalue weighted by Gasteiger charge is 2.24. The van der Waals surface area contributed by atoms with Gasteiger partial charge in [0, 0.05) is 55.9 Å². The van der Waals surface area contributed by atoms with Crippen LogP contribution < -0.4 is 0 Å². The van der Waals surface area contributed by atoms with E-state index in [-0.39, 0.29) is 5.91 Å². The maximum Gasteiger partial charge on any atom is 0.257 e. The first-order valence-electron chi connectivity index (χ1n) is 9.44. The van der Waals surface area contributed by atoms with E-state index in [2.05, 4.69) is 21.9 Å². The molecule has 0 radical (unpaired) electrons. The monoisotopic (exact) mass is 373 g/mol. The van der Waals surface area contributed by atoms with Crippen LogP contribution in [0.4, 0.5) is 0 Å². The number of carbonyl (C=O) groups is 1. The summed E-state index contributed by atoms with van der Waals surface area (Å²) >= 11 is 0. The third-order valence-corrected chi connectivity index (χ3v) is 5.07. The van der Waals surface area contributed by atoms with Gasteiger partial charge in [0.25, 0.3) is 5.91 Å². The second kappa shape index (κ2) is 7.86. The lowest BCUT2D eigenvalue weighted by Crippen LogP contribution is -2.47. The number of aromatic nitrogens is 3. The van der Waals surface area contributed by atoms with E-state index in [0.29, 0.717) is 30.2 Å². The Labute approximate surface area is 164 Å². The second-order valence-corrected chi connectivity index (χ2v) is 7.15. The lowest BCUT2D eigenvalue weighted by molar-refractivity contribution is 0.0664. The fourth-order valence-electron chi connectivity index (χ4n) is 3.29. The maximum atomic E-state index is 13.2. The number of rotatable bonds is 3. The van der Waals surface area contributed by atoms with Crippen molar-refractivity contribution in [3.63, 3.8) is 0 Å². The molecule has 28 heavy (non-hydrogen) atoms. The summed E-state index contributed by atoms with van der Waals surface area (Å²) in [5, 5.41) is 0. The van der Waals surface area contributed by atoms with E-state index in [1.165, 1.54) is 5.56 Å². The first-order valence-corrected chi connectivity index (χ1v) is 9.44. The zero-order valence-electron chi connectivity index (χ0n) is 16.2. The normalized spacial score (nSPS) is 14.9. The summed E-state index contributed by atoms with van der Waals surface area (Å²) in [5.74, 6) is 0.595. The quantitative estimate of drug-likeness (QED) is 0.706. The van der Waals surface area contributed by atoms with Crippen molar-refractivity contribution >= 4 is 5.91 Å². The molecule has 0 atom stereocenters. The number of piperazine rings is 1. The van der Waals surface area contributed by atoms with Crippen molar-refractivity contribution in [2.45, 2.75) is 6.92 Å². The highest BCUT2D eigenvalue weighted by molar-refractivity contribution is 6.00. The number of aryl methyl sites for hydroxylation is 1. The number of hydrogen-bond donors (Lipinski definition) is 0. The standard InChI is InChI=1S/C22H23N5O/c1-16-3-5-18(6-4-16)21-24-15-19(20(25-21)17-7-9-23-10-8-17)22(28)27-13-11-26(2)12-14-27/h3-10,15H,11-14H2,1-2H3. The van der Waals surface area contributed by atoms with Crippen molar-refractivity contribution in [2.24, 2.45) is 0 Å². The van der Waals surface area contributed by atoms with E-state index in [0.717, 1.165) is 24.2 Å². The molecule has 1 aliphatic heterocycles. The maximum absolute atomic E-state index is 13.2. The van der Waals surface area contributed by atoms with E-state index in [1.807, 2.05) is 48.2 Å². The van der Waals surface area contributed by atoms with Crippen molar-refractivity contribution in [3.8, 4) is 22.6 Å². The smallest absolute Gasteiger partial charge is 0.257 e. The molecule has 1 fully saturated rings. The van der Waals surface area contributed by atoms with Crippen molar-refractivity contribution < 1.29 is 4.79 Å². The molecule has 0 bridgehead atoms. The molecule has 1 aliphatic rings. The minimum Gasteiger partial charge on any atom is -0.336 e. The summed E-state index contributed by atoms with van der Waals surface area (Å²) in [7, 11) is 2.07. The summed E-state index contributed by atoms with van der Waals surface area (Å²) in [5.41, 5.74) is 4.16. The predicted molar refractivity (Wildman–Crippen MR) is 109 cm³/mol. The van der Waals surface area contributed by atoms with Crippen molar-refractivity contribution in [1.82, 2.24) is 24.8 Å². The second-order valence-electron chi connectivity index (χ2n) is 7.15. The topological polar surface area (TPSA) is 62.2 Å². The lowest BCUT2D eigenvalue weighted by atomic mass is 10.1. The molecular weight excluding hydrogens is 350 g/mol. The molecule has 3 heterocycles. The molecule has 2 aromatic heterocycles. The van der Waals surface area contributed by atoms with Crippen LogP contribution in [0.3, 0.4) is 0 Å². The van der Waals surface area contributed by atoms with Gasteiger partial charge in [-0.05, 0) is 26.1 Å². The molecule has 1 aromatic carbocycles. The Morgan fingerprint density at radius 2 is 1.61 bits per heavy atom. The van der Waals surface area contributed by atoms with Crippen LogP contribution in [0, 0.1) is 6.92 Å². The van der Waals surface area contributed by atoms with Gasteiger partial charge in [-0.15, -0.1) is 0 Å². The first kappa shape index (κ1) is 18.3. The van der Waals surface area contributed by atoms with E-state index >= 15 is 0 Å². The van der Waals surface area contributed by atoms with Crippen LogP contribution in [-0.2, 0) is 0 Å². The zero-order valence-corrected chi connectivity index (χ0v) is 16.2. The van der Waals surface area contributed by atoms with Crippen LogP contribution in [0.2, 0.25) is 0 Å². The third kappa shape index (κ3) is 3.77. The van der Waals surface area contributed by atoms with E-state index < -0.39 is 0 Å². The predicted octanol–water partition coefficient (Wildman–Crippen LogP) is 2.90. The van der Waals surface area contributed by atoms with Crippen molar-refractivity contribution in [1.29, 1.82) is 0 Å². The van der Waals surface area contributed by atoms with Gasteiger partial charge < -0.3 is 9.80 Å². The van der Waals surface area contributed by atoms with Crippen molar-refractivity contribution in [3.05, 3.63) is 66.1 Å². The Hall–Kier alpha value is -3.12. The van der Waals surface area contributed by atoms with Crippen LogP contribution in [0.1, 0.15) is 15.9 Å².